The van der Waals surface area contributed by atoms with Crippen molar-refractivity contribution in [2.45, 2.75) is 32.9 Å². The molecule has 5 heteroatoms. The first-order chi connectivity index (χ1) is 15.7. The number of phenols is 1. The first-order valence-corrected chi connectivity index (χ1v) is 11.1. The molecule has 0 atom stereocenters. The van der Waals surface area contributed by atoms with Gasteiger partial charge in [0.05, 0.1) is 25.4 Å². The van der Waals surface area contributed by atoms with E-state index in [0.29, 0.717) is 12.3 Å². The summed E-state index contributed by atoms with van der Waals surface area (Å²) in [4.78, 5) is 2.21. The van der Waals surface area contributed by atoms with Crippen molar-refractivity contribution in [1.29, 1.82) is 0 Å². The number of para-hydroxylation sites is 2. The summed E-state index contributed by atoms with van der Waals surface area (Å²) in [6.45, 7) is 7.19. The fourth-order valence-electron chi connectivity index (χ4n) is 4.79. The molecule has 3 aromatic carbocycles. The van der Waals surface area contributed by atoms with Gasteiger partial charge in [0.1, 0.15) is 17.2 Å². The van der Waals surface area contributed by atoms with Crippen LogP contribution in [-0.2, 0) is 6.54 Å². The number of benzene rings is 3. The Morgan fingerprint density at radius 1 is 0.939 bits per heavy atom. The highest BCUT2D eigenvalue weighted by atomic mass is 16.5. The number of ether oxygens (including phenoxy) is 2. The Morgan fingerprint density at radius 3 is 2.36 bits per heavy atom. The summed E-state index contributed by atoms with van der Waals surface area (Å²) in [5, 5.41) is 13.7. The van der Waals surface area contributed by atoms with Crippen molar-refractivity contribution in [1.82, 2.24) is 0 Å². The van der Waals surface area contributed by atoms with Crippen LogP contribution in [0.25, 0.3) is 16.7 Å². The van der Waals surface area contributed by atoms with E-state index >= 15 is 0 Å². The zero-order chi connectivity index (χ0) is 23.8. The Morgan fingerprint density at radius 2 is 1.64 bits per heavy atom. The molecule has 0 saturated heterocycles. The minimum Gasteiger partial charge on any atom is -0.508 e. The molecule has 0 aliphatic carbocycles. The van der Waals surface area contributed by atoms with Gasteiger partial charge >= 0.3 is 0 Å². The predicted octanol–water partition coefficient (Wildman–Crippen LogP) is 6.32. The molecule has 1 aliphatic rings. The molecule has 2 N–H and O–H groups in total. The van der Waals surface area contributed by atoms with Crippen molar-refractivity contribution in [2.24, 2.45) is 0 Å². The van der Waals surface area contributed by atoms with Crippen LogP contribution in [0.2, 0.25) is 0 Å². The molecule has 0 radical (unpaired) electrons. The average molecular weight is 445 g/mol. The molecule has 0 bridgehead atoms. The van der Waals surface area contributed by atoms with Crippen LogP contribution >= 0.6 is 0 Å². The number of allylic oxidation sites excluding steroid dienone is 1. The molecule has 4 rings (SSSR count). The van der Waals surface area contributed by atoms with Crippen LogP contribution in [0.4, 0.5) is 11.4 Å². The Hall–Kier alpha value is -3.60. The van der Waals surface area contributed by atoms with Crippen LogP contribution in [0.3, 0.4) is 0 Å². The van der Waals surface area contributed by atoms with E-state index in [-0.39, 0.29) is 11.3 Å². The SMILES string of the molecule is COc1cc(O)ccc1-c1ccc2c(c1CN(C)c1ccccc1OC)C(C)=CC(C)(C)N2. The van der Waals surface area contributed by atoms with Gasteiger partial charge in [0.2, 0.25) is 0 Å². The Kier molecular flexibility index (Phi) is 5.98. The fourth-order valence-corrected chi connectivity index (χ4v) is 4.79. The highest BCUT2D eigenvalue weighted by Crippen LogP contribution is 2.44. The molecule has 0 saturated carbocycles. The lowest BCUT2D eigenvalue weighted by Gasteiger charge is -2.34. The molecule has 1 heterocycles. The third kappa shape index (κ3) is 4.36. The molecule has 0 spiro atoms. The number of phenolic OH excluding ortho intramolecular Hbond substituents is 1. The lowest BCUT2D eigenvalue weighted by molar-refractivity contribution is 0.409. The van der Waals surface area contributed by atoms with Crippen molar-refractivity contribution < 1.29 is 14.6 Å². The van der Waals surface area contributed by atoms with Crippen molar-refractivity contribution in [2.75, 3.05) is 31.5 Å². The largest absolute Gasteiger partial charge is 0.508 e. The van der Waals surface area contributed by atoms with Gasteiger partial charge in [-0.3, -0.25) is 0 Å². The molecule has 3 aromatic rings. The van der Waals surface area contributed by atoms with Crippen LogP contribution in [0.15, 0.2) is 60.7 Å². The van der Waals surface area contributed by atoms with Crippen molar-refractivity contribution in [3.63, 3.8) is 0 Å². The van der Waals surface area contributed by atoms with Crippen molar-refractivity contribution in [3.8, 4) is 28.4 Å². The van der Waals surface area contributed by atoms with Gasteiger partial charge in [0.15, 0.2) is 0 Å². The lowest BCUT2D eigenvalue weighted by Crippen LogP contribution is -2.32. The minimum atomic E-state index is -0.124. The number of aromatic hydroxyl groups is 1. The van der Waals surface area contributed by atoms with Gasteiger partial charge < -0.3 is 24.8 Å². The Balaban J connectivity index is 1.91. The van der Waals surface area contributed by atoms with Gasteiger partial charge in [-0.25, -0.2) is 0 Å². The van der Waals surface area contributed by atoms with Gasteiger partial charge in [-0.15, -0.1) is 0 Å². The van der Waals surface area contributed by atoms with Crippen molar-refractivity contribution in [3.05, 3.63) is 71.8 Å². The maximum absolute atomic E-state index is 10.0. The molecule has 33 heavy (non-hydrogen) atoms. The van der Waals surface area contributed by atoms with E-state index in [9.17, 15) is 5.11 Å². The number of nitrogens with zero attached hydrogens (tertiary/aromatic N) is 1. The van der Waals surface area contributed by atoms with Gasteiger partial charge in [0.25, 0.3) is 0 Å². The first-order valence-electron chi connectivity index (χ1n) is 11.1. The first kappa shape index (κ1) is 22.6. The van der Waals surface area contributed by atoms with Crippen LogP contribution < -0.4 is 19.7 Å². The van der Waals surface area contributed by atoms with Crippen molar-refractivity contribution >= 4 is 16.9 Å². The number of fused-ring (bicyclic) bond motifs is 1. The van der Waals surface area contributed by atoms with Crippen LogP contribution in [0.1, 0.15) is 31.9 Å². The molecule has 1 aliphatic heterocycles. The number of rotatable bonds is 6. The van der Waals surface area contributed by atoms with Gasteiger partial charge in [0, 0.05) is 36.5 Å². The average Bonchev–Trinajstić information content (AvgIpc) is 2.78. The molecule has 172 valence electrons. The number of methoxy groups -OCH3 is 2. The molecule has 0 unspecified atom stereocenters. The van der Waals surface area contributed by atoms with E-state index in [1.807, 2.05) is 24.3 Å². The quantitative estimate of drug-likeness (QED) is 0.466. The minimum absolute atomic E-state index is 0.124. The second kappa shape index (κ2) is 8.74. The lowest BCUT2D eigenvalue weighted by atomic mass is 9.84. The maximum Gasteiger partial charge on any atom is 0.142 e. The monoisotopic (exact) mass is 444 g/mol. The molecule has 0 amide bonds. The van der Waals surface area contributed by atoms with Gasteiger partial charge in [-0.05, 0) is 67.8 Å². The van der Waals surface area contributed by atoms with E-state index < -0.39 is 0 Å². The Bertz CT molecular complexity index is 1210. The van der Waals surface area contributed by atoms with Gasteiger partial charge in [-0.1, -0.05) is 24.3 Å². The zero-order valence-corrected chi connectivity index (χ0v) is 20.2. The predicted molar refractivity (Wildman–Crippen MR) is 137 cm³/mol. The molecular weight excluding hydrogens is 412 g/mol. The number of hydrogen-bond acceptors (Lipinski definition) is 5. The van der Waals surface area contributed by atoms with Crippen LogP contribution in [0.5, 0.6) is 17.2 Å². The standard InChI is InChI=1S/C28H32N2O3/c1-18-16-28(2,3)29-23-14-13-20(21-12-11-19(31)15-26(21)33-6)22(27(18)23)17-30(4)24-9-7-8-10-25(24)32-5/h7-16,29,31H,17H2,1-6H3. The van der Waals surface area contributed by atoms with Gasteiger partial charge in [-0.2, -0.15) is 0 Å². The highest BCUT2D eigenvalue weighted by molar-refractivity contribution is 5.89. The summed E-state index contributed by atoms with van der Waals surface area (Å²) in [7, 11) is 5.41. The Labute approximate surface area is 196 Å². The third-order valence-electron chi connectivity index (χ3n) is 6.11. The number of nitrogens with one attached hydrogen (secondary N) is 1. The fraction of sp³-hybridized carbons (Fsp3) is 0.286. The van der Waals surface area contributed by atoms with E-state index in [1.54, 1.807) is 26.4 Å². The number of anilines is 2. The summed E-state index contributed by atoms with van der Waals surface area (Å²) in [6.07, 6.45) is 2.28. The summed E-state index contributed by atoms with van der Waals surface area (Å²) in [5.41, 5.74) is 7.64. The third-order valence-corrected chi connectivity index (χ3v) is 6.11. The van der Waals surface area contributed by atoms with E-state index in [4.69, 9.17) is 9.47 Å². The van der Waals surface area contributed by atoms with E-state index in [0.717, 1.165) is 28.3 Å². The normalized spacial score (nSPS) is 14.1. The molecule has 5 nitrogen and oxygen atoms in total. The maximum atomic E-state index is 10.0. The summed E-state index contributed by atoms with van der Waals surface area (Å²) >= 11 is 0. The highest BCUT2D eigenvalue weighted by Gasteiger charge is 2.27. The van der Waals surface area contributed by atoms with Crippen LogP contribution in [-0.4, -0.2) is 31.9 Å². The summed E-state index contributed by atoms with van der Waals surface area (Å²) in [5.74, 6) is 1.66. The second-order valence-electron chi connectivity index (χ2n) is 9.10. The second-order valence-corrected chi connectivity index (χ2v) is 9.10. The van der Waals surface area contributed by atoms with Crippen LogP contribution in [0, 0.1) is 0 Å². The number of hydrogen-bond donors (Lipinski definition) is 2. The van der Waals surface area contributed by atoms with E-state index in [2.05, 4.69) is 62.3 Å². The topological polar surface area (TPSA) is 54.0 Å². The molecule has 0 aromatic heterocycles. The summed E-state index contributed by atoms with van der Waals surface area (Å²) in [6, 6.07) is 17.6. The smallest absolute Gasteiger partial charge is 0.142 e. The van der Waals surface area contributed by atoms with E-state index in [1.165, 1.54) is 16.7 Å². The molecule has 0 fully saturated rings. The zero-order valence-electron chi connectivity index (χ0n) is 20.2. The summed E-state index contributed by atoms with van der Waals surface area (Å²) < 4.78 is 11.3. The molecular formula is C28H32N2O3.